The minimum atomic E-state index is -0.692. The number of phenols is 2. The maximum Gasteiger partial charge on any atom is 0.131 e. The number of aliphatic hydroxyl groups is 1. The van der Waals surface area contributed by atoms with Gasteiger partial charge in [-0.1, -0.05) is 12.1 Å². The molecule has 20 heavy (non-hydrogen) atoms. The molecule has 1 aliphatic heterocycles. The Kier molecular flexibility index (Phi) is 3.03. The second-order valence-corrected chi connectivity index (χ2v) is 5.08. The molecular formula is C16H16O4. The van der Waals surface area contributed by atoms with Gasteiger partial charge in [-0.2, -0.15) is 0 Å². The Bertz CT molecular complexity index is 634. The molecule has 0 spiro atoms. The van der Waals surface area contributed by atoms with Crippen LogP contribution >= 0.6 is 0 Å². The second-order valence-electron chi connectivity index (χ2n) is 5.08. The van der Waals surface area contributed by atoms with Gasteiger partial charge in [0.15, 0.2) is 0 Å². The number of phenolic OH excluding ortho intramolecular Hbond substituents is 2. The molecule has 2 aromatic rings. The highest BCUT2D eigenvalue weighted by molar-refractivity contribution is 5.51. The Morgan fingerprint density at radius 3 is 2.45 bits per heavy atom. The van der Waals surface area contributed by atoms with Crippen LogP contribution in [0.1, 0.15) is 28.7 Å². The second kappa shape index (κ2) is 4.72. The Morgan fingerprint density at radius 1 is 1.05 bits per heavy atom. The molecule has 0 amide bonds. The molecule has 0 saturated carbocycles. The average molecular weight is 272 g/mol. The highest BCUT2D eigenvalue weighted by Gasteiger charge is 2.32. The lowest BCUT2D eigenvalue weighted by molar-refractivity contribution is 0.0881. The van der Waals surface area contributed by atoms with Crippen LogP contribution in [0.3, 0.4) is 0 Å². The summed E-state index contributed by atoms with van der Waals surface area (Å²) in [5.74, 6) is 0.736. The fraction of sp³-hybridized carbons (Fsp3) is 0.250. The van der Waals surface area contributed by atoms with E-state index in [0.717, 1.165) is 5.56 Å². The van der Waals surface area contributed by atoms with E-state index in [-0.39, 0.29) is 17.4 Å². The van der Waals surface area contributed by atoms with Gasteiger partial charge in [-0.3, -0.25) is 0 Å². The Balaban J connectivity index is 1.99. The van der Waals surface area contributed by atoms with Crippen molar-refractivity contribution in [1.29, 1.82) is 0 Å². The zero-order valence-corrected chi connectivity index (χ0v) is 11.1. The van der Waals surface area contributed by atoms with Gasteiger partial charge in [-0.25, -0.2) is 0 Å². The maximum atomic E-state index is 10.5. The van der Waals surface area contributed by atoms with E-state index < -0.39 is 6.10 Å². The first kappa shape index (κ1) is 12.8. The molecule has 0 radical (unpaired) electrons. The van der Waals surface area contributed by atoms with E-state index in [4.69, 9.17) is 4.74 Å². The van der Waals surface area contributed by atoms with Crippen molar-refractivity contribution in [3.63, 3.8) is 0 Å². The van der Waals surface area contributed by atoms with Crippen molar-refractivity contribution < 1.29 is 20.1 Å². The van der Waals surface area contributed by atoms with E-state index in [1.165, 1.54) is 0 Å². The quantitative estimate of drug-likeness (QED) is 0.746. The van der Waals surface area contributed by atoms with Crippen molar-refractivity contribution in [1.82, 2.24) is 0 Å². The largest absolute Gasteiger partial charge is 0.508 e. The van der Waals surface area contributed by atoms with Crippen molar-refractivity contribution in [3.8, 4) is 17.2 Å². The first-order chi connectivity index (χ1) is 9.58. The highest BCUT2D eigenvalue weighted by Crippen LogP contribution is 2.44. The summed E-state index contributed by atoms with van der Waals surface area (Å²) in [6.07, 6.45) is -0.692. The van der Waals surface area contributed by atoms with Gasteiger partial charge in [0.05, 0.1) is 12.7 Å². The molecular weight excluding hydrogens is 256 g/mol. The first-order valence-corrected chi connectivity index (χ1v) is 6.50. The molecule has 104 valence electrons. The summed E-state index contributed by atoms with van der Waals surface area (Å²) in [5, 5.41) is 29.5. The van der Waals surface area contributed by atoms with Gasteiger partial charge in [0, 0.05) is 17.0 Å². The fourth-order valence-electron chi connectivity index (χ4n) is 2.61. The van der Waals surface area contributed by atoms with Crippen LogP contribution in [0.2, 0.25) is 0 Å². The fourth-order valence-corrected chi connectivity index (χ4v) is 2.61. The normalized spacial score (nSPS) is 21.1. The molecule has 0 aromatic heterocycles. The molecule has 0 bridgehead atoms. The molecule has 0 saturated heterocycles. The van der Waals surface area contributed by atoms with Crippen molar-refractivity contribution in [2.45, 2.75) is 18.9 Å². The number of aliphatic hydroxyl groups excluding tert-OH is 1. The number of ether oxygens (including phenoxy) is 1. The van der Waals surface area contributed by atoms with E-state index >= 15 is 0 Å². The minimum Gasteiger partial charge on any atom is -0.508 e. The maximum absolute atomic E-state index is 10.5. The van der Waals surface area contributed by atoms with Gasteiger partial charge in [0.1, 0.15) is 17.2 Å². The molecule has 3 N–H and O–H groups in total. The summed E-state index contributed by atoms with van der Waals surface area (Å²) in [6, 6.07) is 10.0. The smallest absolute Gasteiger partial charge is 0.131 e. The predicted octanol–water partition coefficient (Wildman–Crippen LogP) is 2.62. The van der Waals surface area contributed by atoms with Crippen LogP contribution in [0.5, 0.6) is 17.2 Å². The van der Waals surface area contributed by atoms with Crippen molar-refractivity contribution in [2.24, 2.45) is 0 Å². The monoisotopic (exact) mass is 272 g/mol. The summed E-state index contributed by atoms with van der Waals surface area (Å²) >= 11 is 0. The highest BCUT2D eigenvalue weighted by atomic mass is 16.5. The minimum absolute atomic E-state index is 0.166. The Labute approximate surface area is 116 Å². The van der Waals surface area contributed by atoms with Gasteiger partial charge < -0.3 is 20.1 Å². The summed E-state index contributed by atoms with van der Waals surface area (Å²) in [6.45, 7) is 2.10. The summed E-state index contributed by atoms with van der Waals surface area (Å²) in [4.78, 5) is 0. The third-order valence-electron chi connectivity index (χ3n) is 3.84. The molecule has 4 nitrogen and oxygen atoms in total. The number of hydrogen-bond donors (Lipinski definition) is 3. The molecule has 3 rings (SSSR count). The number of aromatic hydroxyl groups is 2. The van der Waals surface area contributed by atoms with Crippen LogP contribution in [0.25, 0.3) is 0 Å². The Morgan fingerprint density at radius 2 is 1.75 bits per heavy atom. The summed E-state index contributed by atoms with van der Waals surface area (Å²) in [5.41, 5.74) is 2.24. The van der Waals surface area contributed by atoms with Crippen molar-refractivity contribution in [2.75, 3.05) is 6.61 Å². The summed E-state index contributed by atoms with van der Waals surface area (Å²) in [7, 11) is 0. The molecule has 1 heterocycles. The van der Waals surface area contributed by atoms with E-state index in [2.05, 4.69) is 0 Å². The lowest BCUT2D eigenvalue weighted by atomic mass is 9.86. The predicted molar refractivity (Wildman–Crippen MR) is 74.1 cm³/mol. The third-order valence-corrected chi connectivity index (χ3v) is 3.84. The number of benzene rings is 2. The molecule has 1 aliphatic rings. The molecule has 2 atom stereocenters. The van der Waals surface area contributed by atoms with Crippen LogP contribution in [0.15, 0.2) is 36.4 Å². The van der Waals surface area contributed by atoms with Gasteiger partial charge in [0.25, 0.3) is 0 Å². The van der Waals surface area contributed by atoms with Crippen LogP contribution in [-0.2, 0) is 0 Å². The average Bonchev–Trinajstić information content (AvgIpc) is 2.45. The SMILES string of the molecule is Cc1c(O)ccc2c1OCC(c1ccc(O)cc1)[C@@H]2O. The van der Waals surface area contributed by atoms with E-state index in [1.807, 2.05) is 0 Å². The van der Waals surface area contributed by atoms with Crippen LogP contribution in [0, 0.1) is 6.92 Å². The van der Waals surface area contributed by atoms with Crippen LogP contribution < -0.4 is 4.74 Å². The standard InChI is InChI=1S/C16H16O4/c1-9-14(18)7-6-12-15(19)13(8-20-16(9)12)10-2-4-11(17)5-3-10/h2-7,13,15,17-19H,8H2,1H3/t13?,15-/m1/s1. The van der Waals surface area contributed by atoms with Crippen LogP contribution in [0.4, 0.5) is 0 Å². The lowest BCUT2D eigenvalue weighted by Gasteiger charge is -2.31. The number of hydrogen-bond acceptors (Lipinski definition) is 4. The molecule has 0 aliphatic carbocycles. The number of fused-ring (bicyclic) bond motifs is 1. The van der Waals surface area contributed by atoms with Crippen molar-refractivity contribution >= 4 is 0 Å². The van der Waals surface area contributed by atoms with E-state index in [0.29, 0.717) is 23.5 Å². The summed E-state index contributed by atoms with van der Waals surface area (Å²) < 4.78 is 5.72. The van der Waals surface area contributed by atoms with Gasteiger partial charge in [0.2, 0.25) is 0 Å². The van der Waals surface area contributed by atoms with Gasteiger partial charge >= 0.3 is 0 Å². The van der Waals surface area contributed by atoms with Crippen LogP contribution in [-0.4, -0.2) is 21.9 Å². The van der Waals surface area contributed by atoms with E-state index in [9.17, 15) is 15.3 Å². The molecule has 2 aromatic carbocycles. The number of rotatable bonds is 1. The molecule has 0 fully saturated rings. The van der Waals surface area contributed by atoms with Gasteiger partial charge in [-0.15, -0.1) is 0 Å². The third kappa shape index (κ3) is 1.98. The van der Waals surface area contributed by atoms with Gasteiger partial charge in [-0.05, 0) is 36.8 Å². The van der Waals surface area contributed by atoms with E-state index in [1.54, 1.807) is 43.3 Å². The molecule has 1 unspecified atom stereocenters. The zero-order chi connectivity index (χ0) is 14.3. The Hall–Kier alpha value is -2.20. The topological polar surface area (TPSA) is 69.9 Å². The first-order valence-electron chi connectivity index (χ1n) is 6.50. The lowest BCUT2D eigenvalue weighted by Crippen LogP contribution is -2.24. The van der Waals surface area contributed by atoms with Crippen molar-refractivity contribution in [3.05, 3.63) is 53.1 Å². The molecule has 4 heteroatoms. The zero-order valence-electron chi connectivity index (χ0n) is 11.1.